The monoisotopic (exact) mass is 359 g/mol. The Balaban J connectivity index is 1.74. The summed E-state index contributed by atoms with van der Waals surface area (Å²) in [6, 6.07) is 11.3. The van der Waals surface area contributed by atoms with Gasteiger partial charge in [-0.15, -0.1) is 0 Å². The molecule has 0 aliphatic carbocycles. The number of nitrogens with zero attached hydrogens (tertiary/aromatic N) is 2. The van der Waals surface area contributed by atoms with E-state index in [-0.39, 0.29) is 10.9 Å². The Morgan fingerprint density at radius 3 is 2.80 bits per heavy atom. The summed E-state index contributed by atoms with van der Waals surface area (Å²) in [4.78, 5) is 7.75. The van der Waals surface area contributed by atoms with Crippen molar-refractivity contribution in [1.82, 2.24) is 14.3 Å². The zero-order chi connectivity index (χ0) is 17.6. The highest BCUT2D eigenvalue weighted by molar-refractivity contribution is 7.89. The van der Waals surface area contributed by atoms with Crippen molar-refractivity contribution in [1.29, 1.82) is 0 Å². The van der Waals surface area contributed by atoms with E-state index >= 15 is 0 Å². The zero-order valence-corrected chi connectivity index (χ0v) is 14.6. The molecule has 1 aromatic heterocycles. The minimum absolute atomic E-state index is 0.0152. The molecule has 0 radical (unpaired) electrons. The number of H-pyrrole nitrogens is 1. The third-order valence-electron chi connectivity index (χ3n) is 4.68. The highest BCUT2D eigenvalue weighted by atomic mass is 32.2. The molecule has 3 aromatic rings. The molecule has 1 N–H and O–H groups in total. The minimum Gasteiger partial charge on any atom is -0.341 e. The number of benzene rings is 2. The average Bonchev–Trinajstić information content (AvgIpc) is 3.23. The summed E-state index contributed by atoms with van der Waals surface area (Å²) < 4.78 is 41.3. The van der Waals surface area contributed by atoms with Crippen LogP contribution in [-0.2, 0) is 10.0 Å². The molecule has 0 amide bonds. The van der Waals surface area contributed by atoms with Gasteiger partial charge >= 0.3 is 0 Å². The molecule has 0 bridgehead atoms. The quantitative estimate of drug-likeness (QED) is 0.778. The number of sulfonamides is 1. The zero-order valence-electron chi connectivity index (χ0n) is 13.7. The van der Waals surface area contributed by atoms with E-state index in [1.165, 1.54) is 16.4 Å². The van der Waals surface area contributed by atoms with E-state index in [1.54, 1.807) is 6.92 Å². The van der Waals surface area contributed by atoms with E-state index in [2.05, 4.69) is 9.97 Å². The number of para-hydroxylation sites is 2. The summed E-state index contributed by atoms with van der Waals surface area (Å²) in [5, 5.41) is 0. The summed E-state index contributed by atoms with van der Waals surface area (Å²) in [6.07, 6.45) is 1.43. The molecule has 0 saturated carbocycles. The van der Waals surface area contributed by atoms with Gasteiger partial charge < -0.3 is 4.98 Å². The molecule has 1 aliphatic heterocycles. The normalized spacial score (nSPS) is 18.9. The first kappa shape index (κ1) is 16.2. The highest BCUT2D eigenvalue weighted by Gasteiger charge is 2.38. The summed E-state index contributed by atoms with van der Waals surface area (Å²) >= 11 is 0. The van der Waals surface area contributed by atoms with Crippen molar-refractivity contribution < 1.29 is 12.8 Å². The van der Waals surface area contributed by atoms with Crippen molar-refractivity contribution in [2.45, 2.75) is 30.7 Å². The van der Waals surface area contributed by atoms with Crippen LogP contribution >= 0.6 is 0 Å². The van der Waals surface area contributed by atoms with E-state index in [9.17, 15) is 12.8 Å². The number of fused-ring (bicyclic) bond motifs is 1. The van der Waals surface area contributed by atoms with Gasteiger partial charge in [-0.3, -0.25) is 0 Å². The van der Waals surface area contributed by atoms with Crippen LogP contribution in [0, 0.1) is 12.7 Å². The van der Waals surface area contributed by atoms with Crippen molar-refractivity contribution in [2.24, 2.45) is 0 Å². The number of hydrogen-bond donors (Lipinski definition) is 1. The number of aryl methyl sites for hydroxylation is 1. The van der Waals surface area contributed by atoms with Gasteiger partial charge in [-0.05, 0) is 49.6 Å². The van der Waals surface area contributed by atoms with Gasteiger partial charge in [-0.2, -0.15) is 4.31 Å². The molecule has 1 saturated heterocycles. The van der Waals surface area contributed by atoms with Crippen LogP contribution in [0.1, 0.15) is 30.3 Å². The van der Waals surface area contributed by atoms with Crippen molar-refractivity contribution in [3.8, 4) is 0 Å². The van der Waals surface area contributed by atoms with E-state index < -0.39 is 15.8 Å². The Kier molecular flexibility index (Phi) is 3.85. The topological polar surface area (TPSA) is 66.1 Å². The van der Waals surface area contributed by atoms with Crippen LogP contribution in [0.2, 0.25) is 0 Å². The second-order valence-electron chi connectivity index (χ2n) is 6.32. The fourth-order valence-electron chi connectivity index (χ4n) is 3.30. The molecule has 7 heteroatoms. The maximum absolute atomic E-state index is 13.9. The van der Waals surface area contributed by atoms with Gasteiger partial charge in [0.1, 0.15) is 11.6 Å². The Morgan fingerprint density at radius 1 is 1.24 bits per heavy atom. The number of aromatic nitrogens is 2. The molecule has 130 valence electrons. The molecule has 25 heavy (non-hydrogen) atoms. The van der Waals surface area contributed by atoms with Crippen LogP contribution < -0.4 is 0 Å². The fourth-order valence-corrected chi connectivity index (χ4v) is 4.97. The van der Waals surface area contributed by atoms with Crippen molar-refractivity contribution in [3.05, 3.63) is 59.7 Å². The van der Waals surface area contributed by atoms with Crippen molar-refractivity contribution in [2.75, 3.05) is 6.54 Å². The van der Waals surface area contributed by atoms with E-state index in [4.69, 9.17) is 0 Å². The SMILES string of the molecule is Cc1ccc(S(=O)(=O)N2CCCC2c2nc3ccccc3[nH]2)cc1F. The number of rotatable bonds is 3. The van der Waals surface area contributed by atoms with Gasteiger partial charge in [0.15, 0.2) is 0 Å². The Morgan fingerprint density at radius 2 is 2.04 bits per heavy atom. The van der Waals surface area contributed by atoms with Crippen LogP contribution in [0.15, 0.2) is 47.4 Å². The summed E-state index contributed by atoms with van der Waals surface area (Å²) in [6.45, 7) is 2.01. The highest BCUT2D eigenvalue weighted by Crippen LogP contribution is 2.36. The second kappa shape index (κ2) is 5.93. The molecule has 1 unspecified atom stereocenters. The molecule has 1 atom stereocenters. The van der Waals surface area contributed by atoms with Crippen LogP contribution in [0.4, 0.5) is 4.39 Å². The third kappa shape index (κ3) is 2.73. The lowest BCUT2D eigenvalue weighted by atomic mass is 10.2. The molecule has 1 fully saturated rings. The number of imidazole rings is 1. The molecule has 2 heterocycles. The summed E-state index contributed by atoms with van der Waals surface area (Å²) in [7, 11) is -3.78. The van der Waals surface area contributed by atoms with Gasteiger partial charge in [0, 0.05) is 6.54 Å². The van der Waals surface area contributed by atoms with Gasteiger partial charge in [0.2, 0.25) is 10.0 Å². The minimum atomic E-state index is -3.78. The molecule has 2 aromatic carbocycles. The van der Waals surface area contributed by atoms with Crippen LogP contribution in [0.3, 0.4) is 0 Å². The van der Waals surface area contributed by atoms with Crippen LogP contribution in [-0.4, -0.2) is 29.2 Å². The van der Waals surface area contributed by atoms with Gasteiger partial charge in [0.25, 0.3) is 0 Å². The molecule has 5 nitrogen and oxygen atoms in total. The molecule has 0 spiro atoms. The van der Waals surface area contributed by atoms with Gasteiger partial charge in [0.05, 0.1) is 22.0 Å². The van der Waals surface area contributed by atoms with Crippen molar-refractivity contribution >= 4 is 21.1 Å². The predicted octanol–water partition coefficient (Wildman–Crippen LogP) is 3.54. The number of aromatic amines is 1. The van der Waals surface area contributed by atoms with Gasteiger partial charge in [-0.1, -0.05) is 18.2 Å². The first-order valence-corrected chi connectivity index (χ1v) is 9.63. The largest absolute Gasteiger partial charge is 0.341 e. The summed E-state index contributed by atoms with van der Waals surface area (Å²) in [5.74, 6) is 0.121. The second-order valence-corrected chi connectivity index (χ2v) is 8.21. The van der Waals surface area contributed by atoms with Gasteiger partial charge in [-0.25, -0.2) is 17.8 Å². The molecule has 4 rings (SSSR count). The standard InChI is InChI=1S/C18H18FN3O2S/c1-12-8-9-13(11-14(12)19)25(23,24)22-10-4-7-17(22)18-20-15-5-2-3-6-16(15)21-18/h2-3,5-6,8-9,11,17H,4,7,10H2,1H3,(H,20,21). The third-order valence-corrected chi connectivity index (χ3v) is 6.58. The number of nitrogens with one attached hydrogen (secondary N) is 1. The first-order valence-electron chi connectivity index (χ1n) is 8.19. The molecular formula is C18H18FN3O2S. The maximum atomic E-state index is 13.9. The lowest BCUT2D eigenvalue weighted by molar-refractivity contribution is 0.385. The van der Waals surface area contributed by atoms with E-state index in [0.717, 1.165) is 23.5 Å². The Labute approximate surface area is 145 Å². The molecule has 1 aliphatic rings. The van der Waals surface area contributed by atoms with Crippen LogP contribution in [0.5, 0.6) is 0 Å². The fraction of sp³-hybridized carbons (Fsp3) is 0.278. The number of halogens is 1. The number of hydrogen-bond acceptors (Lipinski definition) is 3. The first-order chi connectivity index (χ1) is 12.0. The van der Waals surface area contributed by atoms with E-state index in [1.807, 2.05) is 24.3 Å². The Bertz CT molecular complexity index is 1010. The van der Waals surface area contributed by atoms with Crippen LogP contribution in [0.25, 0.3) is 11.0 Å². The lowest BCUT2D eigenvalue weighted by Crippen LogP contribution is -2.31. The average molecular weight is 359 g/mol. The smallest absolute Gasteiger partial charge is 0.243 e. The predicted molar refractivity (Wildman–Crippen MR) is 93.1 cm³/mol. The van der Waals surface area contributed by atoms with Crippen molar-refractivity contribution in [3.63, 3.8) is 0 Å². The summed E-state index contributed by atoms with van der Waals surface area (Å²) in [5.41, 5.74) is 2.11. The lowest BCUT2D eigenvalue weighted by Gasteiger charge is -2.22. The maximum Gasteiger partial charge on any atom is 0.243 e. The molecular weight excluding hydrogens is 341 g/mol. The van der Waals surface area contributed by atoms with E-state index in [0.29, 0.717) is 24.4 Å². The Hall–Kier alpha value is -2.25.